The summed E-state index contributed by atoms with van der Waals surface area (Å²) < 4.78 is 5.86. The number of ketones is 1. The zero-order chi connectivity index (χ0) is 29.8. The summed E-state index contributed by atoms with van der Waals surface area (Å²) in [5, 5.41) is 10.5. The number of rotatable bonds is 8. The van der Waals surface area contributed by atoms with E-state index in [1.807, 2.05) is 0 Å². The SMILES string of the molecule is CC(=O)C[C@H]1C[C@H]([C@@H](CCC=C(C)C)C(=O)O)[C@@]2(C)CCC3=C(CCC4C(C)(C)[C@@H](OC(C)=O)CC[C@]34C)[C@]12C. The maximum atomic E-state index is 12.8. The van der Waals surface area contributed by atoms with Gasteiger partial charge < -0.3 is 14.6 Å². The molecule has 0 heterocycles. The van der Waals surface area contributed by atoms with E-state index in [0.717, 1.165) is 51.4 Å². The Bertz CT molecular complexity index is 1110. The number of aliphatic carboxylic acids is 1. The van der Waals surface area contributed by atoms with Crippen molar-refractivity contribution < 1.29 is 24.2 Å². The van der Waals surface area contributed by atoms with Gasteiger partial charge >= 0.3 is 11.9 Å². The molecule has 0 bridgehead atoms. The van der Waals surface area contributed by atoms with Crippen molar-refractivity contribution in [1.82, 2.24) is 0 Å². The number of carboxylic acids is 1. The maximum absolute atomic E-state index is 12.8. The molecule has 2 fully saturated rings. The summed E-state index contributed by atoms with van der Waals surface area (Å²) in [5.74, 6) is -0.420. The van der Waals surface area contributed by atoms with Gasteiger partial charge in [-0.2, -0.15) is 0 Å². The van der Waals surface area contributed by atoms with Gasteiger partial charge in [-0.3, -0.25) is 9.59 Å². The minimum atomic E-state index is -0.680. The molecule has 0 spiro atoms. The number of allylic oxidation sites excluding steroid dienone is 4. The second kappa shape index (κ2) is 10.7. The number of hydrogen-bond donors (Lipinski definition) is 1. The van der Waals surface area contributed by atoms with Crippen molar-refractivity contribution in [2.75, 3.05) is 0 Å². The van der Waals surface area contributed by atoms with Gasteiger partial charge in [0.1, 0.15) is 11.9 Å². The first-order valence-electron chi connectivity index (χ1n) is 15.8. The van der Waals surface area contributed by atoms with Gasteiger partial charge in [0.25, 0.3) is 0 Å². The van der Waals surface area contributed by atoms with Crippen LogP contribution in [0.5, 0.6) is 0 Å². The lowest BCUT2D eigenvalue weighted by Gasteiger charge is -2.63. The lowest BCUT2D eigenvalue weighted by atomic mass is 9.42. The van der Waals surface area contributed by atoms with Crippen LogP contribution < -0.4 is 0 Å². The molecular weight excluding hydrogens is 500 g/mol. The molecule has 0 radical (unpaired) electrons. The predicted molar refractivity (Wildman–Crippen MR) is 159 cm³/mol. The third-order valence-electron chi connectivity index (χ3n) is 12.7. The van der Waals surface area contributed by atoms with E-state index in [1.54, 1.807) is 18.1 Å². The number of carboxylic acid groups (broad SMARTS) is 1. The highest BCUT2D eigenvalue weighted by Gasteiger charge is 2.67. The fourth-order valence-corrected chi connectivity index (χ4v) is 10.6. The third kappa shape index (κ3) is 4.81. The molecule has 5 heteroatoms. The molecule has 5 nitrogen and oxygen atoms in total. The van der Waals surface area contributed by atoms with Crippen LogP contribution in [0, 0.1) is 45.3 Å². The standard InChI is InChI=1S/C35H54O5/c1-21(2)11-10-12-25(31(38)39)28-20-24(19-22(3)36)35(9)27-13-14-29-32(5,6)30(40-23(4)37)16-17-33(29,7)26(27)15-18-34(28,35)8/h11,24-25,28-30H,10,12-20H2,1-9H3,(H,38,39)/t24-,25+,28+,29?,30-,33+,34+,35-/m0/s1. The van der Waals surface area contributed by atoms with Crippen LogP contribution in [0.2, 0.25) is 0 Å². The van der Waals surface area contributed by atoms with Crippen LogP contribution in [0.3, 0.4) is 0 Å². The number of Topliss-reactive ketones (excluding diaryl/α,β-unsaturated/α-hetero) is 1. The molecule has 0 aliphatic heterocycles. The van der Waals surface area contributed by atoms with Gasteiger partial charge in [0.15, 0.2) is 0 Å². The number of carbonyl (C=O) groups excluding carboxylic acids is 2. The van der Waals surface area contributed by atoms with Gasteiger partial charge in [0, 0.05) is 18.8 Å². The summed E-state index contributed by atoms with van der Waals surface area (Å²) in [6, 6.07) is 0. The summed E-state index contributed by atoms with van der Waals surface area (Å²) in [5.41, 5.74) is 3.93. The van der Waals surface area contributed by atoms with Crippen molar-refractivity contribution >= 4 is 17.7 Å². The van der Waals surface area contributed by atoms with E-state index >= 15 is 0 Å². The quantitative estimate of drug-likeness (QED) is 0.241. The van der Waals surface area contributed by atoms with Gasteiger partial charge in [-0.05, 0) is 113 Å². The van der Waals surface area contributed by atoms with E-state index in [9.17, 15) is 19.5 Å². The monoisotopic (exact) mass is 554 g/mol. The number of ether oxygens (including phenoxy) is 1. The summed E-state index contributed by atoms with van der Waals surface area (Å²) in [4.78, 5) is 37.4. The van der Waals surface area contributed by atoms with Crippen molar-refractivity contribution in [2.24, 2.45) is 45.3 Å². The summed E-state index contributed by atoms with van der Waals surface area (Å²) in [7, 11) is 0. The number of esters is 1. The molecule has 4 aliphatic rings. The van der Waals surface area contributed by atoms with E-state index in [2.05, 4.69) is 54.5 Å². The minimum absolute atomic E-state index is 0.0343. The maximum Gasteiger partial charge on any atom is 0.306 e. The van der Waals surface area contributed by atoms with Crippen molar-refractivity contribution in [1.29, 1.82) is 0 Å². The van der Waals surface area contributed by atoms with E-state index in [0.29, 0.717) is 18.8 Å². The van der Waals surface area contributed by atoms with Crippen LogP contribution in [0.25, 0.3) is 0 Å². The van der Waals surface area contributed by atoms with Crippen molar-refractivity contribution in [3.05, 3.63) is 22.8 Å². The molecule has 224 valence electrons. The molecule has 2 saturated carbocycles. The Labute approximate surface area is 242 Å². The van der Waals surface area contributed by atoms with Crippen molar-refractivity contribution in [2.45, 2.75) is 133 Å². The molecule has 1 N–H and O–H groups in total. The molecular formula is C35H54O5. The largest absolute Gasteiger partial charge is 0.481 e. The Hall–Kier alpha value is -1.91. The van der Waals surface area contributed by atoms with Gasteiger partial charge in [-0.25, -0.2) is 0 Å². The van der Waals surface area contributed by atoms with Crippen LogP contribution >= 0.6 is 0 Å². The first-order chi connectivity index (χ1) is 18.5. The van der Waals surface area contributed by atoms with Crippen LogP contribution in [0.4, 0.5) is 0 Å². The lowest BCUT2D eigenvalue weighted by molar-refractivity contribution is -0.167. The molecule has 4 aliphatic carbocycles. The summed E-state index contributed by atoms with van der Waals surface area (Å²) in [6.45, 7) is 19.2. The normalized spacial score (nSPS) is 38.9. The molecule has 0 aromatic rings. The Balaban J connectivity index is 1.78. The average molecular weight is 555 g/mol. The molecule has 0 saturated heterocycles. The Morgan fingerprint density at radius 1 is 0.975 bits per heavy atom. The Morgan fingerprint density at radius 3 is 2.23 bits per heavy atom. The van der Waals surface area contributed by atoms with Crippen molar-refractivity contribution in [3.63, 3.8) is 0 Å². The highest BCUT2D eigenvalue weighted by atomic mass is 16.5. The number of carbonyl (C=O) groups is 3. The van der Waals surface area contributed by atoms with Crippen LogP contribution in [0.15, 0.2) is 22.8 Å². The fourth-order valence-electron chi connectivity index (χ4n) is 10.6. The minimum Gasteiger partial charge on any atom is -0.481 e. The number of hydrogen-bond acceptors (Lipinski definition) is 4. The van der Waals surface area contributed by atoms with E-state index in [1.165, 1.54) is 12.5 Å². The molecule has 0 aromatic heterocycles. The number of fused-ring (bicyclic) bond motifs is 4. The highest BCUT2D eigenvalue weighted by molar-refractivity contribution is 5.76. The zero-order valence-corrected chi connectivity index (χ0v) is 26.6. The molecule has 8 atom stereocenters. The second-order valence-electron chi connectivity index (χ2n) is 15.3. The van der Waals surface area contributed by atoms with Gasteiger partial charge in [0.2, 0.25) is 0 Å². The van der Waals surface area contributed by atoms with E-state index in [4.69, 9.17) is 4.74 Å². The van der Waals surface area contributed by atoms with Gasteiger partial charge in [0.05, 0.1) is 5.92 Å². The third-order valence-corrected chi connectivity index (χ3v) is 12.7. The molecule has 0 amide bonds. The first kappa shape index (κ1) is 31.0. The molecule has 1 unspecified atom stereocenters. The lowest BCUT2D eigenvalue weighted by Crippen LogP contribution is -2.56. The molecule has 40 heavy (non-hydrogen) atoms. The van der Waals surface area contributed by atoms with Crippen LogP contribution in [-0.4, -0.2) is 28.9 Å². The van der Waals surface area contributed by atoms with E-state index < -0.39 is 11.9 Å². The topological polar surface area (TPSA) is 80.7 Å². The van der Waals surface area contributed by atoms with Crippen LogP contribution in [-0.2, 0) is 19.1 Å². The molecule has 0 aromatic carbocycles. The Morgan fingerprint density at radius 2 is 1.65 bits per heavy atom. The Kier molecular flexibility index (Phi) is 8.33. The first-order valence-corrected chi connectivity index (χ1v) is 15.8. The highest BCUT2D eigenvalue weighted by Crippen LogP contribution is 2.74. The predicted octanol–water partition coefficient (Wildman–Crippen LogP) is 8.32. The summed E-state index contributed by atoms with van der Waals surface area (Å²) in [6.07, 6.45) is 10.8. The fraction of sp³-hybridized carbons (Fsp3) is 0.800. The summed E-state index contributed by atoms with van der Waals surface area (Å²) >= 11 is 0. The van der Waals surface area contributed by atoms with Crippen LogP contribution in [0.1, 0.15) is 127 Å². The van der Waals surface area contributed by atoms with Gasteiger partial charge in [-0.15, -0.1) is 0 Å². The average Bonchev–Trinajstić information content (AvgIpc) is 3.05. The second-order valence-corrected chi connectivity index (χ2v) is 15.3. The van der Waals surface area contributed by atoms with Gasteiger partial charge in [-0.1, -0.05) is 57.4 Å². The van der Waals surface area contributed by atoms with E-state index in [-0.39, 0.29) is 51.4 Å². The van der Waals surface area contributed by atoms with Crippen molar-refractivity contribution in [3.8, 4) is 0 Å². The molecule has 4 rings (SSSR count). The smallest absolute Gasteiger partial charge is 0.306 e. The zero-order valence-electron chi connectivity index (χ0n) is 26.6.